The van der Waals surface area contributed by atoms with Gasteiger partial charge in [0.2, 0.25) is 11.5 Å². The van der Waals surface area contributed by atoms with Gasteiger partial charge in [-0.2, -0.15) is 8.42 Å². The molecule has 2 bridgehead atoms. The zero-order chi connectivity index (χ0) is 17.0. The lowest BCUT2D eigenvalue weighted by Gasteiger charge is -2.17. The summed E-state index contributed by atoms with van der Waals surface area (Å²) in [5.41, 5.74) is 0.101. The number of hydrogen-bond acceptors (Lipinski definition) is 8. The van der Waals surface area contributed by atoms with Crippen LogP contribution in [0.25, 0.3) is 11.2 Å². The van der Waals surface area contributed by atoms with Crippen LogP contribution < -0.4 is 8.92 Å². The van der Waals surface area contributed by atoms with Crippen molar-refractivity contribution >= 4 is 55.8 Å². The molecule has 1 atom stereocenters. The number of carbonyl (C=O) groups excluding carboxylic acids is 2. The number of benzene rings is 1. The van der Waals surface area contributed by atoms with E-state index in [-0.39, 0.29) is 27.6 Å². The molecule has 0 aliphatic carbocycles. The standard InChI is InChI=1S/C13H11IO8S/c1-3-13(2,14)12(16)19-5-8(15)21-9-6-4-7-10(20-6)11(9)22-23(7,17)18/h4H,3,5H2,1-2H3. The van der Waals surface area contributed by atoms with Crippen molar-refractivity contribution in [2.75, 3.05) is 6.61 Å². The monoisotopic (exact) mass is 454 g/mol. The van der Waals surface area contributed by atoms with E-state index in [9.17, 15) is 18.0 Å². The fourth-order valence-electron chi connectivity index (χ4n) is 1.93. The van der Waals surface area contributed by atoms with Crippen molar-refractivity contribution in [1.29, 1.82) is 0 Å². The molecule has 2 aromatic heterocycles. The average molecular weight is 454 g/mol. The third-order valence-electron chi connectivity index (χ3n) is 3.42. The molecule has 124 valence electrons. The Kier molecular flexibility index (Phi) is 3.71. The van der Waals surface area contributed by atoms with E-state index in [1.165, 1.54) is 6.07 Å². The first kappa shape index (κ1) is 16.3. The first-order valence-electron chi connectivity index (χ1n) is 6.56. The molecule has 0 spiro atoms. The Morgan fingerprint density at radius 1 is 1.39 bits per heavy atom. The SMILES string of the molecule is CCC(C)(I)C(=O)OCC(=O)Oc1c2c3oc1cc3S(=O)(=O)O2. The second-order valence-electron chi connectivity index (χ2n) is 5.10. The van der Waals surface area contributed by atoms with Crippen LogP contribution in [0.1, 0.15) is 20.3 Å². The molecule has 0 saturated carbocycles. The first-order chi connectivity index (χ1) is 10.7. The molecule has 0 aromatic carbocycles. The van der Waals surface area contributed by atoms with Crippen molar-refractivity contribution in [3.8, 4) is 11.5 Å². The maximum absolute atomic E-state index is 11.8. The average Bonchev–Trinajstić information content (AvgIpc) is 3.08. The van der Waals surface area contributed by atoms with Gasteiger partial charge in [0.1, 0.15) is 3.42 Å². The van der Waals surface area contributed by atoms with E-state index < -0.39 is 32.1 Å². The van der Waals surface area contributed by atoms with E-state index in [0.29, 0.717) is 6.42 Å². The number of furan rings is 2. The van der Waals surface area contributed by atoms with Crippen LogP contribution in [-0.2, 0) is 24.4 Å². The summed E-state index contributed by atoms with van der Waals surface area (Å²) in [5, 5.41) is 0. The van der Waals surface area contributed by atoms with Gasteiger partial charge in [0.15, 0.2) is 22.7 Å². The number of alkyl halides is 1. The van der Waals surface area contributed by atoms with Crippen molar-refractivity contribution < 1.29 is 36.1 Å². The van der Waals surface area contributed by atoms with Gasteiger partial charge in [-0.25, -0.2) is 4.79 Å². The van der Waals surface area contributed by atoms with Crippen LogP contribution in [0.15, 0.2) is 15.4 Å². The normalized spacial score (nSPS) is 17.7. The van der Waals surface area contributed by atoms with Crippen molar-refractivity contribution in [3.63, 3.8) is 0 Å². The van der Waals surface area contributed by atoms with E-state index in [2.05, 4.69) is 0 Å². The Labute approximate surface area is 144 Å². The van der Waals surface area contributed by atoms with Crippen LogP contribution in [0, 0.1) is 0 Å². The second-order valence-corrected chi connectivity index (χ2v) is 9.00. The Bertz CT molecular complexity index is 894. The third-order valence-corrected chi connectivity index (χ3v) is 5.85. The highest BCUT2D eigenvalue weighted by Gasteiger charge is 2.41. The Morgan fingerprint density at radius 3 is 2.74 bits per heavy atom. The van der Waals surface area contributed by atoms with Gasteiger partial charge in [0.25, 0.3) is 0 Å². The number of rotatable bonds is 5. The molecule has 8 nitrogen and oxygen atoms in total. The van der Waals surface area contributed by atoms with Gasteiger partial charge in [0.05, 0.1) is 0 Å². The van der Waals surface area contributed by atoms with E-state index in [0.717, 1.165) is 0 Å². The zero-order valence-electron chi connectivity index (χ0n) is 12.0. The number of ether oxygens (including phenoxy) is 2. The van der Waals surface area contributed by atoms with E-state index in [4.69, 9.17) is 18.1 Å². The summed E-state index contributed by atoms with van der Waals surface area (Å²) in [6, 6.07) is 1.22. The first-order valence-corrected chi connectivity index (χ1v) is 9.04. The van der Waals surface area contributed by atoms with Crippen molar-refractivity contribution in [3.05, 3.63) is 6.07 Å². The van der Waals surface area contributed by atoms with Crippen LogP contribution in [0.2, 0.25) is 0 Å². The summed E-state index contributed by atoms with van der Waals surface area (Å²) in [6.07, 6.45) is 0.542. The van der Waals surface area contributed by atoms with E-state index >= 15 is 0 Å². The zero-order valence-corrected chi connectivity index (χ0v) is 15.0. The number of hydrogen-bond donors (Lipinski definition) is 0. The van der Waals surface area contributed by atoms with Crippen LogP contribution >= 0.6 is 22.6 Å². The lowest BCUT2D eigenvalue weighted by molar-refractivity contribution is -0.154. The maximum Gasteiger partial charge on any atom is 0.349 e. The predicted molar refractivity (Wildman–Crippen MR) is 84.5 cm³/mol. The summed E-state index contributed by atoms with van der Waals surface area (Å²) in [4.78, 5) is 23.5. The van der Waals surface area contributed by atoms with Crippen LogP contribution in [-0.4, -0.2) is 30.4 Å². The lowest BCUT2D eigenvalue weighted by atomic mass is 10.1. The number of carbonyl (C=O) groups is 2. The second kappa shape index (κ2) is 5.23. The fourth-order valence-corrected chi connectivity index (χ4v) is 3.16. The van der Waals surface area contributed by atoms with Gasteiger partial charge in [-0.15, -0.1) is 0 Å². The predicted octanol–water partition coefficient (Wildman–Crippen LogP) is 2.00. The molecule has 2 aromatic rings. The molecule has 3 rings (SSSR count). The van der Waals surface area contributed by atoms with Crippen LogP contribution in [0.5, 0.6) is 11.5 Å². The van der Waals surface area contributed by atoms with Gasteiger partial charge in [-0.05, 0) is 13.3 Å². The van der Waals surface area contributed by atoms with Crippen molar-refractivity contribution in [1.82, 2.24) is 0 Å². The maximum atomic E-state index is 11.8. The largest absolute Gasteiger partial charge is 0.453 e. The van der Waals surface area contributed by atoms with Gasteiger partial charge in [-0.1, -0.05) is 29.5 Å². The molecule has 0 saturated heterocycles. The molecule has 0 amide bonds. The number of esters is 2. The van der Waals surface area contributed by atoms with E-state index in [1.54, 1.807) is 6.92 Å². The van der Waals surface area contributed by atoms with Gasteiger partial charge >= 0.3 is 22.1 Å². The van der Waals surface area contributed by atoms with Crippen LogP contribution in [0.4, 0.5) is 0 Å². The molecule has 0 N–H and O–H groups in total. The number of fused-ring (bicyclic) bond motifs is 1. The summed E-state index contributed by atoms with van der Waals surface area (Å²) in [6.45, 7) is 2.91. The minimum atomic E-state index is -3.91. The lowest BCUT2D eigenvalue weighted by Crippen LogP contribution is -2.31. The topological polar surface area (TPSA) is 109 Å². The Morgan fingerprint density at radius 2 is 2.09 bits per heavy atom. The van der Waals surface area contributed by atoms with E-state index in [1.807, 2.05) is 29.5 Å². The molecule has 23 heavy (non-hydrogen) atoms. The Hall–Kier alpha value is -1.56. The van der Waals surface area contributed by atoms with Gasteiger partial charge in [-0.3, -0.25) is 4.79 Å². The molecule has 10 heteroatoms. The molecular weight excluding hydrogens is 443 g/mol. The quantitative estimate of drug-likeness (QED) is 0.222. The molecule has 0 radical (unpaired) electrons. The molecule has 3 heterocycles. The molecule has 1 aliphatic heterocycles. The summed E-state index contributed by atoms with van der Waals surface area (Å²) >= 11 is 1.94. The van der Waals surface area contributed by atoms with Crippen molar-refractivity contribution in [2.24, 2.45) is 0 Å². The highest BCUT2D eigenvalue weighted by molar-refractivity contribution is 14.1. The third kappa shape index (κ3) is 2.63. The molecule has 0 fully saturated rings. The minimum absolute atomic E-state index is 0.0191. The number of halogens is 1. The van der Waals surface area contributed by atoms with Gasteiger partial charge < -0.3 is 18.1 Å². The summed E-state index contributed by atoms with van der Waals surface area (Å²) in [7, 11) is -3.91. The molecule has 1 aliphatic rings. The minimum Gasteiger partial charge on any atom is -0.453 e. The fraction of sp³-hybridized carbons (Fsp3) is 0.385. The highest BCUT2D eigenvalue weighted by atomic mass is 127. The Balaban J connectivity index is 1.68. The van der Waals surface area contributed by atoms with Crippen molar-refractivity contribution in [2.45, 2.75) is 28.6 Å². The van der Waals surface area contributed by atoms with Gasteiger partial charge in [0, 0.05) is 6.07 Å². The summed E-state index contributed by atoms with van der Waals surface area (Å²) in [5.74, 6) is -1.68. The highest BCUT2D eigenvalue weighted by Crippen LogP contribution is 2.51. The molecular formula is C13H11IO8S. The molecule has 1 unspecified atom stereocenters. The smallest absolute Gasteiger partial charge is 0.349 e. The summed E-state index contributed by atoms with van der Waals surface area (Å²) < 4.78 is 42.3. The van der Waals surface area contributed by atoms with Crippen LogP contribution in [0.3, 0.4) is 0 Å².